The molecular formula is C18H19FO. The first-order valence-corrected chi connectivity index (χ1v) is 6.85. The van der Waals surface area contributed by atoms with Crippen LogP contribution >= 0.6 is 0 Å². The second kappa shape index (κ2) is 5.58. The zero-order valence-corrected chi connectivity index (χ0v) is 12.1. The van der Waals surface area contributed by atoms with Gasteiger partial charge in [-0.1, -0.05) is 54.4 Å². The van der Waals surface area contributed by atoms with E-state index in [0.717, 1.165) is 11.1 Å². The Morgan fingerprint density at radius 3 is 2.10 bits per heavy atom. The standard InChI is InChI=1S/C18H19FO/c1-4-18(19,16-8-6-5-7-9-16)17(20)15-11-13(2)10-14(3)12-15/h5-12H,4H2,1-3H3/t18-/m1/s1. The number of Topliss-reactive ketones (excluding diaryl/α,β-unsaturated/α-hetero) is 1. The first-order chi connectivity index (χ1) is 9.47. The van der Waals surface area contributed by atoms with Gasteiger partial charge in [0.25, 0.3) is 0 Å². The van der Waals surface area contributed by atoms with Gasteiger partial charge in [-0.05, 0) is 38.0 Å². The van der Waals surface area contributed by atoms with Gasteiger partial charge in [0.1, 0.15) is 0 Å². The highest BCUT2D eigenvalue weighted by Gasteiger charge is 2.39. The van der Waals surface area contributed by atoms with Gasteiger partial charge in [0.2, 0.25) is 5.78 Å². The lowest BCUT2D eigenvalue weighted by molar-refractivity contribution is 0.0666. The van der Waals surface area contributed by atoms with E-state index in [1.807, 2.05) is 26.0 Å². The fraction of sp³-hybridized carbons (Fsp3) is 0.278. The van der Waals surface area contributed by atoms with Gasteiger partial charge in [-0.3, -0.25) is 4.79 Å². The number of carbonyl (C=O) groups is 1. The van der Waals surface area contributed by atoms with E-state index in [4.69, 9.17) is 0 Å². The van der Waals surface area contributed by atoms with Gasteiger partial charge in [-0.15, -0.1) is 0 Å². The molecule has 0 amide bonds. The summed E-state index contributed by atoms with van der Waals surface area (Å²) in [5.74, 6) is -0.460. The van der Waals surface area contributed by atoms with Gasteiger partial charge < -0.3 is 0 Å². The molecule has 2 heteroatoms. The lowest BCUT2D eigenvalue weighted by Crippen LogP contribution is -2.30. The van der Waals surface area contributed by atoms with Crippen LogP contribution in [0, 0.1) is 13.8 Å². The van der Waals surface area contributed by atoms with Crippen molar-refractivity contribution in [2.45, 2.75) is 32.9 Å². The molecule has 0 N–H and O–H groups in total. The van der Waals surface area contributed by atoms with Gasteiger partial charge in [0.15, 0.2) is 5.67 Å². The number of halogens is 1. The van der Waals surface area contributed by atoms with Crippen molar-refractivity contribution in [1.82, 2.24) is 0 Å². The van der Waals surface area contributed by atoms with Gasteiger partial charge in [0.05, 0.1) is 0 Å². The third-order valence-electron chi connectivity index (χ3n) is 3.56. The number of aryl methyl sites for hydroxylation is 2. The summed E-state index contributed by atoms with van der Waals surface area (Å²) in [6.45, 7) is 5.53. The van der Waals surface area contributed by atoms with Crippen LogP contribution in [0.1, 0.15) is 40.4 Å². The number of ketones is 1. The summed E-state index contributed by atoms with van der Waals surface area (Å²) in [5.41, 5.74) is 0.851. The Kier molecular flexibility index (Phi) is 4.03. The number of carbonyl (C=O) groups excluding carboxylic acids is 1. The lowest BCUT2D eigenvalue weighted by Gasteiger charge is -2.23. The Morgan fingerprint density at radius 1 is 1.05 bits per heavy atom. The number of alkyl halides is 1. The maximum absolute atomic E-state index is 15.2. The molecule has 0 saturated carbocycles. The molecule has 2 aromatic rings. The average molecular weight is 270 g/mol. The summed E-state index contributed by atoms with van der Waals surface area (Å²) in [5, 5.41) is 0. The molecule has 0 aliphatic rings. The van der Waals surface area contributed by atoms with Crippen LogP contribution in [0.5, 0.6) is 0 Å². The highest BCUT2D eigenvalue weighted by molar-refractivity contribution is 6.03. The van der Waals surface area contributed by atoms with E-state index < -0.39 is 11.5 Å². The minimum absolute atomic E-state index is 0.128. The molecule has 0 aromatic heterocycles. The normalized spacial score (nSPS) is 13.8. The summed E-state index contributed by atoms with van der Waals surface area (Å²) in [6.07, 6.45) is 0.128. The van der Waals surface area contributed by atoms with Crippen molar-refractivity contribution >= 4 is 5.78 Å². The average Bonchev–Trinajstić information content (AvgIpc) is 2.45. The molecule has 0 bridgehead atoms. The van der Waals surface area contributed by atoms with Crippen LogP contribution in [-0.4, -0.2) is 5.78 Å². The summed E-state index contributed by atoms with van der Waals surface area (Å²) >= 11 is 0. The predicted molar refractivity (Wildman–Crippen MR) is 79.8 cm³/mol. The van der Waals surface area contributed by atoms with E-state index >= 15 is 4.39 Å². The Morgan fingerprint density at radius 2 is 1.60 bits per heavy atom. The lowest BCUT2D eigenvalue weighted by atomic mass is 9.85. The largest absolute Gasteiger partial charge is 0.290 e. The molecule has 0 saturated heterocycles. The SMILES string of the molecule is CC[C@](F)(C(=O)c1cc(C)cc(C)c1)c1ccccc1. The second-order valence-corrected chi connectivity index (χ2v) is 5.23. The van der Waals surface area contributed by atoms with Crippen LogP contribution in [0.4, 0.5) is 4.39 Å². The van der Waals surface area contributed by atoms with Gasteiger partial charge in [0, 0.05) is 5.56 Å². The number of rotatable bonds is 4. The maximum atomic E-state index is 15.2. The monoisotopic (exact) mass is 270 g/mol. The molecule has 0 aliphatic carbocycles. The highest BCUT2D eigenvalue weighted by Crippen LogP contribution is 2.33. The van der Waals surface area contributed by atoms with Gasteiger partial charge in [-0.25, -0.2) is 4.39 Å². The fourth-order valence-corrected chi connectivity index (χ4v) is 2.53. The second-order valence-electron chi connectivity index (χ2n) is 5.23. The van der Waals surface area contributed by atoms with Crippen molar-refractivity contribution in [3.05, 3.63) is 70.8 Å². The quantitative estimate of drug-likeness (QED) is 0.732. The first kappa shape index (κ1) is 14.4. The molecule has 20 heavy (non-hydrogen) atoms. The number of hydrogen-bond acceptors (Lipinski definition) is 1. The number of benzene rings is 2. The van der Waals surface area contributed by atoms with Crippen molar-refractivity contribution in [2.24, 2.45) is 0 Å². The van der Waals surface area contributed by atoms with Crippen molar-refractivity contribution in [2.75, 3.05) is 0 Å². The third kappa shape index (κ3) is 2.64. The molecule has 104 valence electrons. The minimum Gasteiger partial charge on any atom is -0.290 e. The van der Waals surface area contributed by atoms with E-state index in [2.05, 4.69) is 0 Å². The van der Waals surface area contributed by atoms with E-state index in [1.54, 1.807) is 43.3 Å². The molecule has 0 aliphatic heterocycles. The Labute approximate surface area is 119 Å². The van der Waals surface area contributed by atoms with Crippen LogP contribution in [0.25, 0.3) is 0 Å². The van der Waals surface area contributed by atoms with Crippen molar-refractivity contribution < 1.29 is 9.18 Å². The first-order valence-electron chi connectivity index (χ1n) is 6.85. The van der Waals surface area contributed by atoms with Gasteiger partial charge >= 0.3 is 0 Å². The molecule has 0 unspecified atom stereocenters. The Bertz CT molecular complexity index is 598. The molecule has 0 fully saturated rings. The van der Waals surface area contributed by atoms with Crippen LogP contribution in [0.2, 0.25) is 0 Å². The Hall–Kier alpha value is -1.96. The fourth-order valence-electron chi connectivity index (χ4n) is 2.53. The summed E-state index contributed by atoms with van der Waals surface area (Å²) in [6, 6.07) is 14.2. The van der Waals surface area contributed by atoms with Gasteiger partial charge in [-0.2, -0.15) is 0 Å². The van der Waals surface area contributed by atoms with Crippen LogP contribution in [0.15, 0.2) is 48.5 Å². The van der Waals surface area contributed by atoms with Crippen molar-refractivity contribution in [3.8, 4) is 0 Å². The molecule has 2 aromatic carbocycles. The third-order valence-corrected chi connectivity index (χ3v) is 3.56. The summed E-state index contributed by atoms with van der Waals surface area (Å²) in [7, 11) is 0. The predicted octanol–water partition coefficient (Wildman–Crippen LogP) is 4.76. The molecule has 0 heterocycles. The van der Waals surface area contributed by atoms with E-state index in [-0.39, 0.29) is 6.42 Å². The molecule has 1 atom stereocenters. The van der Waals surface area contributed by atoms with Crippen LogP contribution < -0.4 is 0 Å². The molecular weight excluding hydrogens is 251 g/mol. The van der Waals surface area contributed by atoms with Crippen molar-refractivity contribution in [3.63, 3.8) is 0 Å². The van der Waals surface area contributed by atoms with E-state index in [1.165, 1.54) is 0 Å². The smallest absolute Gasteiger partial charge is 0.204 e. The zero-order valence-electron chi connectivity index (χ0n) is 12.1. The topological polar surface area (TPSA) is 17.1 Å². The maximum Gasteiger partial charge on any atom is 0.204 e. The van der Waals surface area contributed by atoms with E-state index in [9.17, 15) is 4.79 Å². The van der Waals surface area contributed by atoms with Crippen LogP contribution in [-0.2, 0) is 5.67 Å². The molecule has 2 rings (SSSR count). The summed E-state index contributed by atoms with van der Waals surface area (Å²) in [4.78, 5) is 12.6. The van der Waals surface area contributed by atoms with Crippen molar-refractivity contribution in [1.29, 1.82) is 0 Å². The molecule has 0 radical (unpaired) electrons. The summed E-state index contributed by atoms with van der Waals surface area (Å²) < 4.78 is 15.2. The highest BCUT2D eigenvalue weighted by atomic mass is 19.1. The minimum atomic E-state index is -1.96. The molecule has 1 nitrogen and oxygen atoms in total. The Balaban J connectivity index is 2.48. The number of hydrogen-bond donors (Lipinski definition) is 0. The van der Waals surface area contributed by atoms with Crippen LogP contribution in [0.3, 0.4) is 0 Å². The molecule has 0 spiro atoms. The van der Waals surface area contributed by atoms with E-state index in [0.29, 0.717) is 11.1 Å². The zero-order chi connectivity index (χ0) is 14.8.